The van der Waals surface area contributed by atoms with Gasteiger partial charge in [0.15, 0.2) is 5.82 Å². The third kappa shape index (κ3) is 4.83. The molecule has 4 rings (SSSR count). The zero-order chi connectivity index (χ0) is 24.2. The van der Waals surface area contributed by atoms with Crippen LogP contribution in [0.2, 0.25) is 0 Å². The molecule has 0 saturated carbocycles. The van der Waals surface area contributed by atoms with Crippen LogP contribution in [0.15, 0.2) is 66.7 Å². The lowest BCUT2D eigenvalue weighted by Crippen LogP contribution is -2.16. The van der Waals surface area contributed by atoms with Gasteiger partial charge in [0.05, 0.1) is 12.2 Å². The predicted octanol–water partition coefficient (Wildman–Crippen LogP) is 4.72. The van der Waals surface area contributed by atoms with E-state index in [-0.39, 0.29) is 28.8 Å². The first-order valence-corrected chi connectivity index (χ1v) is 10.8. The van der Waals surface area contributed by atoms with Crippen molar-refractivity contribution >= 4 is 11.6 Å². The lowest BCUT2D eigenvalue weighted by atomic mass is 10.1. The molecule has 0 aliphatic heterocycles. The average Bonchev–Trinajstić information content (AvgIpc) is 2.84. The Hall–Kier alpha value is -4.39. The number of rotatable bonds is 7. The van der Waals surface area contributed by atoms with Crippen LogP contribution in [-0.2, 0) is 0 Å². The Labute approximate surface area is 197 Å². The molecule has 0 spiro atoms. The molecule has 0 radical (unpaired) electrons. The molecule has 0 saturated heterocycles. The summed E-state index contributed by atoms with van der Waals surface area (Å²) in [7, 11) is 0. The summed E-state index contributed by atoms with van der Waals surface area (Å²) in [6, 6.07) is 18.6. The lowest BCUT2D eigenvalue weighted by molar-refractivity contribution is 0.102. The molecule has 1 heterocycles. The molecule has 0 amide bonds. The fraction of sp³-hybridized carbons (Fsp3) is 0.148. The number of carbonyl (C=O) groups is 2. The lowest BCUT2D eigenvalue weighted by Gasteiger charge is -2.10. The Morgan fingerprint density at radius 1 is 0.765 bits per heavy atom. The maximum Gasteiger partial charge on any atom is 0.230 e. The molecule has 0 bridgehead atoms. The molecule has 34 heavy (non-hydrogen) atoms. The van der Waals surface area contributed by atoms with Crippen molar-refractivity contribution in [3.05, 3.63) is 101 Å². The zero-order valence-electron chi connectivity index (χ0n) is 19.1. The number of hydrogen-bond acceptors (Lipinski definition) is 7. The van der Waals surface area contributed by atoms with Crippen molar-refractivity contribution in [1.29, 1.82) is 0 Å². The zero-order valence-corrected chi connectivity index (χ0v) is 19.1. The predicted molar refractivity (Wildman–Crippen MR) is 127 cm³/mol. The molecule has 170 valence electrons. The number of ether oxygens (including phenoxy) is 1. The van der Waals surface area contributed by atoms with E-state index in [2.05, 4.69) is 15.0 Å². The molecule has 0 aliphatic rings. The minimum absolute atomic E-state index is 0.0153. The van der Waals surface area contributed by atoms with Gasteiger partial charge in [0, 0.05) is 17.2 Å². The van der Waals surface area contributed by atoms with Gasteiger partial charge in [-0.15, -0.1) is 0 Å². The SMILES string of the molecule is CCOc1ccc(-c2nc(C(=O)c3ccc(C)cc3)nc(C(=O)c3ccc(C)cc3)n2)c(O)c1. The van der Waals surface area contributed by atoms with E-state index in [1.807, 2.05) is 45.0 Å². The van der Waals surface area contributed by atoms with Gasteiger partial charge in [-0.25, -0.2) is 15.0 Å². The van der Waals surface area contributed by atoms with E-state index in [0.29, 0.717) is 23.5 Å². The summed E-state index contributed by atoms with van der Waals surface area (Å²) in [5.41, 5.74) is 3.02. The van der Waals surface area contributed by atoms with Crippen LogP contribution in [0.5, 0.6) is 11.5 Å². The minimum atomic E-state index is -0.452. The fourth-order valence-corrected chi connectivity index (χ4v) is 3.32. The number of phenols is 1. The Morgan fingerprint density at radius 3 is 1.71 bits per heavy atom. The molecule has 0 fully saturated rings. The first-order valence-electron chi connectivity index (χ1n) is 10.8. The molecule has 7 nitrogen and oxygen atoms in total. The Kier molecular flexibility index (Phi) is 6.45. The Morgan fingerprint density at radius 2 is 1.26 bits per heavy atom. The first-order chi connectivity index (χ1) is 16.4. The average molecular weight is 453 g/mol. The molecule has 1 aromatic heterocycles. The van der Waals surface area contributed by atoms with E-state index in [1.165, 1.54) is 6.07 Å². The molecular weight excluding hydrogens is 430 g/mol. The third-order valence-corrected chi connectivity index (χ3v) is 5.19. The molecule has 7 heteroatoms. The second-order valence-electron chi connectivity index (χ2n) is 7.81. The second kappa shape index (κ2) is 9.62. The molecule has 3 aromatic carbocycles. The summed E-state index contributed by atoms with van der Waals surface area (Å²) in [5, 5.41) is 10.6. The smallest absolute Gasteiger partial charge is 0.230 e. The van der Waals surface area contributed by atoms with Crippen LogP contribution >= 0.6 is 0 Å². The van der Waals surface area contributed by atoms with Gasteiger partial charge in [-0.3, -0.25) is 9.59 Å². The van der Waals surface area contributed by atoms with Crippen molar-refractivity contribution in [3.63, 3.8) is 0 Å². The highest BCUT2D eigenvalue weighted by Gasteiger charge is 2.22. The number of aromatic hydroxyl groups is 1. The summed E-state index contributed by atoms with van der Waals surface area (Å²) in [5.74, 6) is -0.917. The van der Waals surface area contributed by atoms with Crippen LogP contribution < -0.4 is 4.74 Å². The van der Waals surface area contributed by atoms with Crippen LogP contribution in [0.4, 0.5) is 0 Å². The van der Waals surface area contributed by atoms with Gasteiger partial charge in [-0.1, -0.05) is 59.7 Å². The van der Waals surface area contributed by atoms with E-state index in [0.717, 1.165) is 11.1 Å². The Bertz CT molecular complexity index is 1290. The number of phenolic OH excluding ortho intramolecular Hbond substituents is 1. The van der Waals surface area contributed by atoms with Crippen molar-refractivity contribution in [2.45, 2.75) is 20.8 Å². The number of ketones is 2. The summed E-state index contributed by atoms with van der Waals surface area (Å²) in [6.07, 6.45) is 0. The number of benzene rings is 3. The van der Waals surface area contributed by atoms with E-state index >= 15 is 0 Å². The topological polar surface area (TPSA) is 102 Å². The number of nitrogens with zero attached hydrogens (tertiary/aromatic N) is 3. The van der Waals surface area contributed by atoms with Gasteiger partial charge in [-0.05, 0) is 32.9 Å². The summed E-state index contributed by atoms with van der Waals surface area (Å²) < 4.78 is 5.41. The monoisotopic (exact) mass is 453 g/mol. The third-order valence-electron chi connectivity index (χ3n) is 5.19. The van der Waals surface area contributed by atoms with Gasteiger partial charge < -0.3 is 9.84 Å². The molecule has 0 atom stereocenters. The highest BCUT2D eigenvalue weighted by molar-refractivity contribution is 6.09. The van der Waals surface area contributed by atoms with Gasteiger partial charge >= 0.3 is 0 Å². The number of hydrogen-bond donors (Lipinski definition) is 1. The van der Waals surface area contributed by atoms with Crippen molar-refractivity contribution < 1.29 is 19.4 Å². The maximum absolute atomic E-state index is 13.2. The van der Waals surface area contributed by atoms with Crippen LogP contribution in [0.3, 0.4) is 0 Å². The van der Waals surface area contributed by atoms with Crippen LogP contribution in [0, 0.1) is 13.8 Å². The minimum Gasteiger partial charge on any atom is -0.507 e. The largest absolute Gasteiger partial charge is 0.507 e. The molecular formula is C27H23N3O4. The number of carbonyl (C=O) groups excluding carboxylic acids is 2. The van der Waals surface area contributed by atoms with Gasteiger partial charge in [0.1, 0.15) is 11.5 Å². The van der Waals surface area contributed by atoms with Gasteiger partial charge in [-0.2, -0.15) is 0 Å². The van der Waals surface area contributed by atoms with E-state index < -0.39 is 11.6 Å². The van der Waals surface area contributed by atoms with E-state index in [1.54, 1.807) is 36.4 Å². The second-order valence-corrected chi connectivity index (χ2v) is 7.81. The maximum atomic E-state index is 13.2. The van der Waals surface area contributed by atoms with Crippen LogP contribution in [-0.4, -0.2) is 38.2 Å². The Balaban J connectivity index is 1.84. The standard InChI is InChI=1S/C27H23N3O4/c1-4-34-20-13-14-21(22(31)15-20)25-28-26(23(32)18-9-5-16(2)6-10-18)30-27(29-25)24(33)19-11-7-17(3)8-12-19/h5-15,31H,4H2,1-3H3. The first kappa shape index (κ1) is 22.8. The number of aryl methyl sites for hydroxylation is 2. The fourth-order valence-electron chi connectivity index (χ4n) is 3.32. The van der Waals surface area contributed by atoms with E-state index in [9.17, 15) is 14.7 Å². The summed E-state index contributed by atoms with van der Waals surface area (Å²) in [6.45, 7) is 6.11. The normalized spacial score (nSPS) is 10.7. The van der Waals surface area contributed by atoms with Crippen molar-refractivity contribution in [2.24, 2.45) is 0 Å². The quantitative estimate of drug-likeness (QED) is 0.404. The van der Waals surface area contributed by atoms with Gasteiger partial charge in [0.25, 0.3) is 0 Å². The van der Waals surface area contributed by atoms with Gasteiger partial charge in [0.2, 0.25) is 23.2 Å². The highest BCUT2D eigenvalue weighted by Crippen LogP contribution is 2.31. The van der Waals surface area contributed by atoms with Crippen LogP contribution in [0.1, 0.15) is 50.4 Å². The number of aromatic nitrogens is 3. The molecule has 1 N–H and O–H groups in total. The molecule has 0 aliphatic carbocycles. The van der Waals surface area contributed by atoms with Crippen molar-refractivity contribution in [1.82, 2.24) is 15.0 Å². The van der Waals surface area contributed by atoms with Crippen molar-refractivity contribution in [2.75, 3.05) is 6.61 Å². The molecule has 4 aromatic rings. The summed E-state index contributed by atoms with van der Waals surface area (Å²) in [4.78, 5) is 39.2. The summed E-state index contributed by atoms with van der Waals surface area (Å²) >= 11 is 0. The van der Waals surface area contributed by atoms with Crippen molar-refractivity contribution in [3.8, 4) is 22.9 Å². The molecule has 0 unspecified atom stereocenters. The van der Waals surface area contributed by atoms with Crippen LogP contribution in [0.25, 0.3) is 11.4 Å². The highest BCUT2D eigenvalue weighted by atomic mass is 16.5. The van der Waals surface area contributed by atoms with E-state index in [4.69, 9.17) is 4.74 Å².